The number of H-pyrrole nitrogens is 2. The second kappa shape index (κ2) is 27.1. The maximum Gasteiger partial charge on any atom is 0.303 e. The van der Waals surface area contributed by atoms with Gasteiger partial charge in [0.25, 0.3) is 23.6 Å². The van der Waals surface area contributed by atoms with Crippen molar-refractivity contribution >= 4 is 83.2 Å². The van der Waals surface area contributed by atoms with E-state index in [4.69, 9.17) is 9.98 Å². The van der Waals surface area contributed by atoms with Crippen LogP contribution in [-0.2, 0) is 51.2 Å². The fourth-order valence-electron chi connectivity index (χ4n) is 11.5. The molecule has 2 aromatic rings. The third-order valence-electron chi connectivity index (χ3n) is 16.6. The predicted molar refractivity (Wildman–Crippen MR) is 330 cm³/mol. The van der Waals surface area contributed by atoms with Gasteiger partial charge in [-0.05, 0) is 210 Å². The lowest BCUT2D eigenvalue weighted by Gasteiger charge is -2.06. The van der Waals surface area contributed by atoms with E-state index in [-0.39, 0.29) is 75.0 Å². The van der Waals surface area contributed by atoms with E-state index < -0.39 is 23.9 Å². The number of nitrogens with zero attached hydrogens (tertiary/aromatic N) is 2. The number of aliphatic carboxylic acids is 4. The van der Waals surface area contributed by atoms with Gasteiger partial charge in [-0.2, -0.15) is 0 Å². The van der Waals surface area contributed by atoms with Crippen molar-refractivity contribution < 1.29 is 58.8 Å². The summed E-state index contributed by atoms with van der Waals surface area (Å²) in [6, 6.07) is 0. The number of amides is 4. The first-order valence-corrected chi connectivity index (χ1v) is 29.0. The summed E-state index contributed by atoms with van der Waals surface area (Å²) in [5.41, 5.74) is 20.8. The SMILES string of the molecule is CCC1=C(C)/C(=C/C2=NC(=C\c3[nH]c(/C=C4\NC(=O)C(C)=C4CC)c(C)c3CCC(=O)O)/C(CCC(=O)O)=C2C)NC1=O.CCC1=C(C)/C(=C/C2=NC(=C\c3[nH]c(/C=C4\NC(=O)C(C)=C4CC)c(C)c3CCC(=O)O)/C(CCC(=O)O)=C2C)NC1=O. The molecule has 0 saturated carbocycles. The zero-order valence-electron chi connectivity index (χ0n) is 50.9. The fraction of sp³-hybridized carbons (Fsp3) is 0.364. The molecule has 6 aliphatic heterocycles. The van der Waals surface area contributed by atoms with Crippen molar-refractivity contribution in [1.82, 2.24) is 31.2 Å². The Bertz CT molecular complexity index is 3550. The molecular formula is C66H76N8O12. The molecule has 0 aliphatic carbocycles. The van der Waals surface area contributed by atoms with Crippen LogP contribution in [0.15, 0.2) is 123 Å². The molecule has 0 bridgehead atoms. The van der Waals surface area contributed by atoms with Gasteiger partial charge in [0.2, 0.25) is 0 Å². The topological polar surface area (TPSA) is 322 Å². The quantitative estimate of drug-likeness (QED) is 0.0526. The Morgan fingerprint density at radius 1 is 0.360 bits per heavy atom. The Morgan fingerprint density at radius 2 is 0.674 bits per heavy atom. The Kier molecular flexibility index (Phi) is 20.2. The Balaban J connectivity index is 0.000000246. The summed E-state index contributed by atoms with van der Waals surface area (Å²) >= 11 is 0. The highest BCUT2D eigenvalue weighted by Gasteiger charge is 2.30. The van der Waals surface area contributed by atoms with E-state index in [1.165, 1.54) is 0 Å². The number of aliphatic imine (C=N–C) groups is 2. The van der Waals surface area contributed by atoms with Gasteiger partial charge in [-0.3, -0.25) is 38.4 Å². The number of carboxylic acids is 4. The van der Waals surface area contributed by atoms with Gasteiger partial charge in [0, 0.05) is 93.5 Å². The number of rotatable bonds is 22. The molecule has 4 amide bonds. The van der Waals surface area contributed by atoms with Crippen molar-refractivity contribution in [1.29, 1.82) is 0 Å². The molecule has 20 heteroatoms. The lowest BCUT2D eigenvalue weighted by molar-refractivity contribution is -0.138. The number of hydrogen-bond acceptors (Lipinski definition) is 10. The normalized spacial score (nSPS) is 19.9. The highest BCUT2D eigenvalue weighted by atomic mass is 16.4. The summed E-state index contributed by atoms with van der Waals surface area (Å²) < 4.78 is 0. The van der Waals surface area contributed by atoms with Gasteiger partial charge < -0.3 is 51.7 Å². The Morgan fingerprint density at radius 3 is 0.977 bits per heavy atom. The molecule has 2 aromatic heterocycles. The monoisotopic (exact) mass is 1170 g/mol. The summed E-state index contributed by atoms with van der Waals surface area (Å²) in [4.78, 5) is 112. The fourth-order valence-corrected chi connectivity index (χ4v) is 11.5. The number of aromatic nitrogens is 2. The Labute approximate surface area is 499 Å². The maximum atomic E-state index is 12.4. The van der Waals surface area contributed by atoms with Crippen molar-refractivity contribution in [3.63, 3.8) is 0 Å². The third-order valence-corrected chi connectivity index (χ3v) is 16.6. The zero-order chi connectivity index (χ0) is 63.2. The van der Waals surface area contributed by atoms with Gasteiger partial charge in [0.1, 0.15) is 0 Å². The number of allylic oxidation sites excluding steroid dienone is 10. The number of carbonyl (C=O) groups is 8. The number of carbonyl (C=O) groups excluding carboxylic acids is 4. The molecule has 0 unspecified atom stereocenters. The molecule has 0 aromatic carbocycles. The molecule has 6 aliphatic rings. The first kappa shape index (κ1) is 64.1. The smallest absolute Gasteiger partial charge is 0.303 e. The largest absolute Gasteiger partial charge is 0.481 e. The second-order valence-corrected chi connectivity index (χ2v) is 21.8. The summed E-state index contributed by atoms with van der Waals surface area (Å²) in [6.45, 7) is 22.8. The van der Waals surface area contributed by atoms with Crippen molar-refractivity contribution in [2.75, 3.05) is 0 Å². The van der Waals surface area contributed by atoms with Crippen LogP contribution >= 0.6 is 0 Å². The molecule has 0 saturated heterocycles. The first-order chi connectivity index (χ1) is 40.7. The first-order valence-electron chi connectivity index (χ1n) is 29.0. The highest BCUT2D eigenvalue weighted by Crippen LogP contribution is 2.38. The number of nitrogens with one attached hydrogen (secondary N) is 6. The van der Waals surface area contributed by atoms with Gasteiger partial charge in [-0.1, -0.05) is 27.7 Å². The molecule has 10 N–H and O–H groups in total. The number of hydrogen-bond donors (Lipinski definition) is 10. The van der Waals surface area contributed by atoms with Crippen LogP contribution < -0.4 is 21.3 Å². The van der Waals surface area contributed by atoms with E-state index in [0.29, 0.717) is 93.8 Å². The summed E-state index contributed by atoms with van der Waals surface area (Å²) in [6.07, 6.45) is 14.3. The van der Waals surface area contributed by atoms with Crippen LogP contribution in [0.3, 0.4) is 0 Å². The van der Waals surface area contributed by atoms with Crippen molar-refractivity contribution in [3.8, 4) is 0 Å². The van der Waals surface area contributed by atoms with Gasteiger partial charge in [0.15, 0.2) is 0 Å². The average molecular weight is 1170 g/mol. The van der Waals surface area contributed by atoms with Crippen LogP contribution in [0, 0.1) is 13.8 Å². The predicted octanol–water partition coefficient (Wildman–Crippen LogP) is 10.5. The van der Waals surface area contributed by atoms with E-state index in [2.05, 4.69) is 31.2 Å². The van der Waals surface area contributed by atoms with Crippen molar-refractivity contribution in [3.05, 3.63) is 158 Å². The minimum absolute atomic E-state index is 0.0761. The van der Waals surface area contributed by atoms with E-state index >= 15 is 0 Å². The molecule has 0 atom stereocenters. The molecule has 0 radical (unpaired) electrons. The molecule has 0 fully saturated rings. The van der Waals surface area contributed by atoms with Gasteiger partial charge in [0.05, 0.1) is 22.8 Å². The number of carboxylic acid groups (broad SMARTS) is 4. The maximum absolute atomic E-state index is 12.4. The standard InChI is InChI=1S/2C33H38N4O6/c2*1-7-20-19(6)32(42)37-27(20)14-25-18(5)23(10-12-31(40)41)29(35-25)15-28-22(9-11-30(38)39)17(4)24(34-28)13-26-16(3)21(8-2)33(43)36-26/h2*13-15,35H,7-12H2,1-6H3,(H,36,43)(H,37,42)(H,38,39)(H,40,41)/b2*26-13-,27-14-,28-15-. The van der Waals surface area contributed by atoms with Crippen molar-refractivity contribution in [2.45, 2.75) is 160 Å². The minimum Gasteiger partial charge on any atom is -0.481 e. The van der Waals surface area contributed by atoms with Crippen LogP contribution in [0.4, 0.5) is 0 Å². The van der Waals surface area contributed by atoms with Crippen LogP contribution in [0.2, 0.25) is 0 Å². The van der Waals surface area contributed by atoms with Gasteiger partial charge in [-0.15, -0.1) is 0 Å². The Hall–Kier alpha value is -9.46. The van der Waals surface area contributed by atoms with E-state index in [9.17, 15) is 58.8 Å². The lowest BCUT2D eigenvalue weighted by atomic mass is 9.98. The highest BCUT2D eigenvalue weighted by molar-refractivity contribution is 6.15. The molecular weight excluding hydrogens is 1100 g/mol. The molecule has 452 valence electrons. The summed E-state index contributed by atoms with van der Waals surface area (Å²) in [5.74, 6) is -4.24. The lowest BCUT2D eigenvalue weighted by Crippen LogP contribution is -2.17. The van der Waals surface area contributed by atoms with Gasteiger partial charge in [-0.25, -0.2) is 9.98 Å². The van der Waals surface area contributed by atoms with Crippen LogP contribution in [0.1, 0.15) is 178 Å². The van der Waals surface area contributed by atoms with Gasteiger partial charge >= 0.3 is 23.9 Å². The summed E-state index contributed by atoms with van der Waals surface area (Å²) in [7, 11) is 0. The van der Waals surface area contributed by atoms with Crippen molar-refractivity contribution in [2.24, 2.45) is 9.98 Å². The summed E-state index contributed by atoms with van der Waals surface area (Å²) in [5, 5.41) is 49.4. The molecule has 20 nitrogen and oxygen atoms in total. The van der Waals surface area contributed by atoms with Crippen LogP contribution in [0.25, 0.3) is 24.3 Å². The minimum atomic E-state index is -0.929. The molecule has 8 heterocycles. The number of aromatic amines is 2. The van der Waals surface area contributed by atoms with Crippen LogP contribution in [0.5, 0.6) is 0 Å². The van der Waals surface area contributed by atoms with E-state index in [1.807, 2.05) is 106 Å². The zero-order valence-corrected chi connectivity index (χ0v) is 50.9. The van der Waals surface area contributed by atoms with E-state index in [1.54, 1.807) is 13.8 Å². The average Bonchev–Trinajstić information content (AvgIpc) is 2.80. The van der Waals surface area contributed by atoms with E-state index in [0.717, 1.165) is 89.4 Å². The molecule has 0 spiro atoms. The second-order valence-electron chi connectivity index (χ2n) is 21.8. The third kappa shape index (κ3) is 13.9. The molecule has 8 rings (SSSR count). The molecule has 86 heavy (non-hydrogen) atoms. The van der Waals surface area contributed by atoms with Crippen LogP contribution in [-0.4, -0.2) is 89.3 Å².